The van der Waals surface area contributed by atoms with E-state index in [0.29, 0.717) is 13.1 Å². The summed E-state index contributed by atoms with van der Waals surface area (Å²) in [7, 11) is -3.23. The fourth-order valence-electron chi connectivity index (χ4n) is 2.18. The molecule has 1 N–H and O–H groups in total. The van der Waals surface area contributed by atoms with Gasteiger partial charge in [-0.15, -0.1) is 0 Å². The number of hydrogen-bond donors (Lipinski definition) is 1. The Labute approximate surface area is 125 Å². The third-order valence-corrected chi connectivity index (χ3v) is 4.72. The van der Waals surface area contributed by atoms with Crippen LogP contribution in [0.3, 0.4) is 0 Å². The van der Waals surface area contributed by atoms with Crippen LogP contribution in [0.5, 0.6) is 0 Å². The van der Waals surface area contributed by atoms with Crippen LogP contribution in [-0.2, 0) is 14.8 Å². The van der Waals surface area contributed by atoms with E-state index in [1.54, 1.807) is 4.90 Å². The van der Waals surface area contributed by atoms with Crippen molar-refractivity contribution in [1.29, 1.82) is 0 Å². The van der Waals surface area contributed by atoms with Crippen LogP contribution in [0.1, 0.15) is 20.3 Å². The maximum atomic E-state index is 12.4. The molecule has 0 unspecified atom stereocenters. The van der Waals surface area contributed by atoms with Gasteiger partial charge in [-0.3, -0.25) is 4.79 Å². The van der Waals surface area contributed by atoms with Crippen molar-refractivity contribution in [2.75, 3.05) is 39.0 Å². The number of nitrogens with zero attached hydrogens (tertiary/aromatic N) is 3. The van der Waals surface area contributed by atoms with Crippen molar-refractivity contribution in [3.05, 3.63) is 0 Å². The van der Waals surface area contributed by atoms with Crippen LogP contribution in [0.25, 0.3) is 0 Å². The average molecular weight is 321 g/mol. The molecule has 0 atom stereocenters. The molecule has 0 aromatic rings. The zero-order valence-electron chi connectivity index (χ0n) is 12.7. The number of aliphatic carboxylic acids is 1. The molecule has 9 heteroatoms. The van der Waals surface area contributed by atoms with E-state index >= 15 is 0 Å². The summed E-state index contributed by atoms with van der Waals surface area (Å²) in [5, 5.41) is 8.74. The lowest BCUT2D eigenvalue weighted by atomic mass is 10.3. The Morgan fingerprint density at radius 2 is 1.71 bits per heavy atom. The minimum absolute atomic E-state index is 0.104. The normalized spacial score (nSPS) is 17.0. The van der Waals surface area contributed by atoms with Crippen LogP contribution in [0.4, 0.5) is 4.79 Å². The van der Waals surface area contributed by atoms with Crippen molar-refractivity contribution in [1.82, 2.24) is 14.1 Å². The molecule has 0 aliphatic carbocycles. The van der Waals surface area contributed by atoms with Gasteiger partial charge in [0.1, 0.15) is 0 Å². The number of carboxylic acid groups (broad SMARTS) is 1. The van der Waals surface area contributed by atoms with Gasteiger partial charge in [0.2, 0.25) is 10.0 Å². The Hall–Kier alpha value is -1.35. The first-order valence-electron chi connectivity index (χ1n) is 6.85. The molecule has 122 valence electrons. The van der Waals surface area contributed by atoms with Gasteiger partial charge in [-0.1, -0.05) is 0 Å². The predicted molar refractivity (Wildman–Crippen MR) is 77.5 cm³/mol. The highest BCUT2D eigenvalue weighted by Gasteiger charge is 2.29. The second-order valence-corrected chi connectivity index (χ2v) is 7.34. The van der Waals surface area contributed by atoms with E-state index < -0.39 is 16.0 Å². The van der Waals surface area contributed by atoms with Crippen LogP contribution in [-0.4, -0.2) is 84.7 Å². The number of hydrogen-bond acceptors (Lipinski definition) is 4. The molecule has 0 spiro atoms. The summed E-state index contributed by atoms with van der Waals surface area (Å²) in [6.45, 7) is 4.99. The Morgan fingerprint density at radius 1 is 1.19 bits per heavy atom. The average Bonchev–Trinajstić information content (AvgIpc) is 2.37. The van der Waals surface area contributed by atoms with E-state index in [1.807, 2.05) is 13.8 Å². The molecule has 2 amide bonds. The first-order chi connectivity index (χ1) is 9.62. The van der Waals surface area contributed by atoms with Gasteiger partial charge in [0.15, 0.2) is 0 Å². The number of sulfonamides is 1. The molecule has 0 radical (unpaired) electrons. The molecule has 1 fully saturated rings. The summed E-state index contributed by atoms with van der Waals surface area (Å²) in [6.07, 6.45) is 1.05. The van der Waals surface area contributed by atoms with Crippen molar-refractivity contribution < 1.29 is 23.1 Å². The number of urea groups is 1. The fraction of sp³-hybridized carbons (Fsp3) is 0.833. The van der Waals surface area contributed by atoms with Gasteiger partial charge in [0.05, 0.1) is 12.7 Å². The quantitative estimate of drug-likeness (QED) is 0.760. The molecule has 8 nitrogen and oxygen atoms in total. The number of amides is 2. The maximum absolute atomic E-state index is 12.4. The molecule has 1 aliphatic rings. The van der Waals surface area contributed by atoms with Gasteiger partial charge in [0.25, 0.3) is 0 Å². The SMILES string of the molecule is CC(C)N(CCC(=O)O)C(=O)N1CCN(S(C)(=O)=O)CC1. The summed E-state index contributed by atoms with van der Waals surface area (Å²) in [5.41, 5.74) is 0. The predicted octanol–water partition coefficient (Wildman–Crippen LogP) is -0.131. The Morgan fingerprint density at radius 3 is 2.10 bits per heavy atom. The van der Waals surface area contributed by atoms with Gasteiger partial charge in [-0.05, 0) is 13.8 Å². The minimum Gasteiger partial charge on any atom is -0.481 e. The van der Waals surface area contributed by atoms with E-state index in [-0.39, 0.29) is 38.1 Å². The summed E-state index contributed by atoms with van der Waals surface area (Å²) in [6, 6.07) is -0.343. The smallest absolute Gasteiger partial charge is 0.320 e. The second kappa shape index (κ2) is 7.08. The van der Waals surface area contributed by atoms with Crippen molar-refractivity contribution in [3.8, 4) is 0 Å². The van der Waals surface area contributed by atoms with Crippen molar-refractivity contribution in [3.63, 3.8) is 0 Å². The minimum atomic E-state index is -3.23. The highest BCUT2D eigenvalue weighted by molar-refractivity contribution is 7.88. The van der Waals surface area contributed by atoms with Crippen LogP contribution < -0.4 is 0 Å². The van der Waals surface area contributed by atoms with Crippen molar-refractivity contribution in [2.24, 2.45) is 0 Å². The zero-order chi connectivity index (χ0) is 16.2. The molecule has 0 aromatic heterocycles. The van der Waals surface area contributed by atoms with Gasteiger partial charge >= 0.3 is 12.0 Å². The lowest BCUT2D eigenvalue weighted by Gasteiger charge is -2.37. The van der Waals surface area contributed by atoms with Gasteiger partial charge < -0.3 is 14.9 Å². The molecule has 1 heterocycles. The van der Waals surface area contributed by atoms with Crippen molar-refractivity contribution >= 4 is 22.0 Å². The van der Waals surface area contributed by atoms with E-state index in [0.717, 1.165) is 6.26 Å². The third kappa shape index (κ3) is 5.16. The van der Waals surface area contributed by atoms with Crippen molar-refractivity contribution in [2.45, 2.75) is 26.3 Å². The third-order valence-electron chi connectivity index (χ3n) is 3.41. The first-order valence-corrected chi connectivity index (χ1v) is 8.70. The number of carbonyl (C=O) groups is 2. The molecule has 1 rings (SSSR count). The molecule has 21 heavy (non-hydrogen) atoms. The molecule has 1 aliphatic heterocycles. The van der Waals surface area contributed by atoms with E-state index in [4.69, 9.17) is 5.11 Å². The lowest BCUT2D eigenvalue weighted by Crippen LogP contribution is -2.55. The molecule has 0 saturated carbocycles. The van der Waals surface area contributed by atoms with Crippen LogP contribution in [0.15, 0.2) is 0 Å². The highest BCUT2D eigenvalue weighted by Crippen LogP contribution is 2.11. The highest BCUT2D eigenvalue weighted by atomic mass is 32.2. The first kappa shape index (κ1) is 17.7. The van der Waals surface area contributed by atoms with E-state index in [1.165, 1.54) is 9.21 Å². The fourth-order valence-corrected chi connectivity index (χ4v) is 3.01. The Kier molecular flexibility index (Phi) is 5.97. The van der Waals surface area contributed by atoms with Crippen LogP contribution in [0.2, 0.25) is 0 Å². The number of rotatable bonds is 5. The second-order valence-electron chi connectivity index (χ2n) is 5.36. The van der Waals surface area contributed by atoms with E-state index in [9.17, 15) is 18.0 Å². The van der Waals surface area contributed by atoms with Gasteiger partial charge in [-0.2, -0.15) is 4.31 Å². The van der Waals surface area contributed by atoms with Gasteiger partial charge in [0, 0.05) is 38.8 Å². The largest absolute Gasteiger partial charge is 0.481 e. The molecular weight excluding hydrogens is 298 g/mol. The molecule has 0 aromatic carbocycles. The molecule has 0 bridgehead atoms. The maximum Gasteiger partial charge on any atom is 0.320 e. The van der Waals surface area contributed by atoms with Crippen LogP contribution >= 0.6 is 0 Å². The molecular formula is C12H23N3O5S. The Balaban J connectivity index is 2.63. The lowest BCUT2D eigenvalue weighted by molar-refractivity contribution is -0.137. The number of carbonyl (C=O) groups excluding carboxylic acids is 1. The number of piperazine rings is 1. The summed E-state index contributed by atoms with van der Waals surface area (Å²) < 4.78 is 24.2. The number of carboxylic acids is 1. The summed E-state index contributed by atoms with van der Waals surface area (Å²) >= 11 is 0. The van der Waals surface area contributed by atoms with Gasteiger partial charge in [-0.25, -0.2) is 13.2 Å². The zero-order valence-corrected chi connectivity index (χ0v) is 13.5. The van der Waals surface area contributed by atoms with E-state index in [2.05, 4.69) is 0 Å². The summed E-state index contributed by atoms with van der Waals surface area (Å²) in [5.74, 6) is -0.949. The van der Waals surface area contributed by atoms with Crippen LogP contribution in [0, 0.1) is 0 Å². The monoisotopic (exact) mass is 321 g/mol. The topological polar surface area (TPSA) is 98.2 Å². The molecule has 1 saturated heterocycles. The standard InChI is InChI=1S/C12H23N3O5S/c1-10(2)15(5-4-11(16)17)12(18)13-6-8-14(9-7-13)21(3,19)20/h10H,4-9H2,1-3H3,(H,16,17). The Bertz CT molecular complexity index is 483. The summed E-state index contributed by atoms with van der Waals surface area (Å²) in [4.78, 5) is 26.1.